The van der Waals surface area contributed by atoms with Crippen molar-refractivity contribution < 1.29 is 14.6 Å². The maximum absolute atomic E-state index is 9.29. The summed E-state index contributed by atoms with van der Waals surface area (Å²) in [6.07, 6.45) is 0.728. The standard InChI is InChI=1S/C19H25NO3/c1-2-22-19-11-16(10-17(12-20)13-21)8-9-18(19)23-14-15-6-4-3-5-7-15/h3-9,11,17,21H,2,10,12-14,20H2,1H3. The molecule has 124 valence electrons. The van der Waals surface area contributed by atoms with Gasteiger partial charge in [-0.05, 0) is 49.1 Å². The number of hydrogen-bond donors (Lipinski definition) is 2. The molecule has 0 aliphatic rings. The third-order valence-electron chi connectivity index (χ3n) is 3.66. The second-order valence-electron chi connectivity index (χ2n) is 5.48. The summed E-state index contributed by atoms with van der Waals surface area (Å²) in [5.74, 6) is 1.53. The first-order valence-corrected chi connectivity index (χ1v) is 8.00. The van der Waals surface area contributed by atoms with Gasteiger partial charge in [0.1, 0.15) is 6.61 Å². The van der Waals surface area contributed by atoms with Gasteiger partial charge in [0.2, 0.25) is 0 Å². The Morgan fingerprint density at radius 3 is 2.43 bits per heavy atom. The Hall–Kier alpha value is -2.04. The number of aliphatic hydroxyl groups is 1. The number of benzene rings is 2. The van der Waals surface area contributed by atoms with Crippen LogP contribution in [0.5, 0.6) is 11.5 Å². The molecule has 2 aromatic carbocycles. The summed E-state index contributed by atoms with van der Waals surface area (Å²) in [6, 6.07) is 15.9. The molecule has 0 radical (unpaired) electrons. The van der Waals surface area contributed by atoms with Crippen LogP contribution in [0.1, 0.15) is 18.1 Å². The normalized spacial score (nSPS) is 12.0. The van der Waals surface area contributed by atoms with Gasteiger partial charge in [-0.2, -0.15) is 0 Å². The van der Waals surface area contributed by atoms with Crippen LogP contribution in [-0.4, -0.2) is 24.9 Å². The van der Waals surface area contributed by atoms with Crippen molar-refractivity contribution in [1.82, 2.24) is 0 Å². The fraction of sp³-hybridized carbons (Fsp3) is 0.368. The molecule has 0 saturated heterocycles. The minimum Gasteiger partial charge on any atom is -0.490 e. The van der Waals surface area contributed by atoms with E-state index < -0.39 is 0 Å². The number of nitrogens with two attached hydrogens (primary N) is 1. The van der Waals surface area contributed by atoms with Crippen molar-refractivity contribution in [3.05, 3.63) is 59.7 Å². The van der Waals surface area contributed by atoms with E-state index in [9.17, 15) is 5.11 Å². The van der Waals surface area contributed by atoms with Crippen molar-refractivity contribution in [2.24, 2.45) is 11.7 Å². The SMILES string of the molecule is CCOc1cc(CC(CN)CO)ccc1OCc1ccccc1. The Kier molecular flexibility index (Phi) is 6.91. The smallest absolute Gasteiger partial charge is 0.161 e. The van der Waals surface area contributed by atoms with E-state index in [4.69, 9.17) is 15.2 Å². The lowest BCUT2D eigenvalue weighted by Gasteiger charge is -2.16. The zero-order valence-corrected chi connectivity index (χ0v) is 13.6. The Bertz CT molecular complexity index is 582. The first-order valence-electron chi connectivity index (χ1n) is 8.00. The lowest BCUT2D eigenvalue weighted by molar-refractivity contribution is 0.229. The summed E-state index contributed by atoms with van der Waals surface area (Å²) >= 11 is 0. The summed E-state index contributed by atoms with van der Waals surface area (Å²) in [4.78, 5) is 0. The molecule has 0 aromatic heterocycles. The molecule has 2 aromatic rings. The number of hydrogen-bond acceptors (Lipinski definition) is 4. The summed E-state index contributed by atoms with van der Waals surface area (Å²) in [6.45, 7) is 3.58. The van der Waals surface area contributed by atoms with Crippen LogP contribution in [0.25, 0.3) is 0 Å². The third kappa shape index (κ3) is 5.27. The lowest BCUT2D eigenvalue weighted by atomic mass is 10.00. The average Bonchev–Trinajstić information content (AvgIpc) is 2.60. The van der Waals surface area contributed by atoms with E-state index in [1.54, 1.807) is 0 Å². The molecule has 0 bridgehead atoms. The highest BCUT2D eigenvalue weighted by Gasteiger charge is 2.11. The van der Waals surface area contributed by atoms with E-state index in [-0.39, 0.29) is 12.5 Å². The Morgan fingerprint density at radius 1 is 1.00 bits per heavy atom. The van der Waals surface area contributed by atoms with Gasteiger partial charge >= 0.3 is 0 Å². The minimum atomic E-state index is 0.0700. The van der Waals surface area contributed by atoms with Crippen molar-refractivity contribution in [2.45, 2.75) is 20.0 Å². The van der Waals surface area contributed by atoms with E-state index >= 15 is 0 Å². The topological polar surface area (TPSA) is 64.7 Å². The van der Waals surface area contributed by atoms with Crippen LogP contribution in [0.3, 0.4) is 0 Å². The highest BCUT2D eigenvalue weighted by atomic mass is 16.5. The fourth-order valence-electron chi connectivity index (χ4n) is 2.36. The van der Waals surface area contributed by atoms with Gasteiger partial charge in [-0.25, -0.2) is 0 Å². The molecular formula is C19H25NO3. The van der Waals surface area contributed by atoms with Crippen LogP contribution in [0, 0.1) is 5.92 Å². The van der Waals surface area contributed by atoms with Gasteiger partial charge in [0.25, 0.3) is 0 Å². The molecule has 1 atom stereocenters. The molecule has 0 saturated carbocycles. The predicted octanol–water partition coefficient (Wildman–Crippen LogP) is 2.77. The summed E-state index contributed by atoms with van der Waals surface area (Å²) in [5, 5.41) is 9.29. The second kappa shape index (κ2) is 9.18. The molecule has 23 heavy (non-hydrogen) atoms. The van der Waals surface area contributed by atoms with E-state index in [2.05, 4.69) is 0 Å². The zero-order chi connectivity index (χ0) is 16.5. The molecule has 0 spiro atoms. The van der Waals surface area contributed by atoms with Gasteiger partial charge in [-0.3, -0.25) is 0 Å². The van der Waals surface area contributed by atoms with Crippen molar-refractivity contribution >= 4 is 0 Å². The molecule has 2 rings (SSSR count). The third-order valence-corrected chi connectivity index (χ3v) is 3.66. The van der Waals surface area contributed by atoms with Crippen molar-refractivity contribution in [2.75, 3.05) is 19.8 Å². The van der Waals surface area contributed by atoms with Crippen LogP contribution in [0.4, 0.5) is 0 Å². The zero-order valence-electron chi connectivity index (χ0n) is 13.6. The number of aliphatic hydroxyl groups excluding tert-OH is 1. The molecule has 0 heterocycles. The summed E-state index contributed by atoms with van der Waals surface area (Å²) < 4.78 is 11.6. The molecule has 0 aliphatic heterocycles. The largest absolute Gasteiger partial charge is 0.490 e. The number of ether oxygens (including phenoxy) is 2. The Labute approximate surface area is 137 Å². The molecule has 4 heteroatoms. The Morgan fingerprint density at radius 2 is 1.78 bits per heavy atom. The summed E-state index contributed by atoms with van der Waals surface area (Å²) in [5.41, 5.74) is 7.86. The fourth-order valence-corrected chi connectivity index (χ4v) is 2.36. The molecule has 3 N–H and O–H groups in total. The highest BCUT2D eigenvalue weighted by molar-refractivity contribution is 5.43. The average molecular weight is 315 g/mol. The van der Waals surface area contributed by atoms with Gasteiger partial charge < -0.3 is 20.3 Å². The van der Waals surface area contributed by atoms with Crippen molar-refractivity contribution in [1.29, 1.82) is 0 Å². The monoisotopic (exact) mass is 315 g/mol. The molecule has 0 amide bonds. The maximum atomic E-state index is 9.29. The molecule has 0 aliphatic carbocycles. The lowest BCUT2D eigenvalue weighted by Crippen LogP contribution is -2.20. The van der Waals surface area contributed by atoms with Crippen LogP contribution >= 0.6 is 0 Å². The molecular weight excluding hydrogens is 290 g/mol. The van der Waals surface area contributed by atoms with Crippen molar-refractivity contribution in [3.8, 4) is 11.5 Å². The predicted molar refractivity (Wildman–Crippen MR) is 91.7 cm³/mol. The van der Waals surface area contributed by atoms with Gasteiger partial charge in [0.05, 0.1) is 6.61 Å². The Balaban J connectivity index is 2.09. The van der Waals surface area contributed by atoms with Crippen LogP contribution in [0.15, 0.2) is 48.5 Å². The van der Waals surface area contributed by atoms with E-state index in [1.165, 1.54) is 0 Å². The molecule has 4 nitrogen and oxygen atoms in total. The van der Waals surface area contributed by atoms with E-state index in [1.807, 2.05) is 55.5 Å². The van der Waals surface area contributed by atoms with E-state index in [0.29, 0.717) is 19.8 Å². The second-order valence-corrected chi connectivity index (χ2v) is 5.48. The van der Waals surface area contributed by atoms with Gasteiger partial charge in [0.15, 0.2) is 11.5 Å². The van der Waals surface area contributed by atoms with Crippen molar-refractivity contribution in [3.63, 3.8) is 0 Å². The van der Waals surface area contributed by atoms with Gasteiger partial charge in [-0.1, -0.05) is 36.4 Å². The highest BCUT2D eigenvalue weighted by Crippen LogP contribution is 2.30. The summed E-state index contributed by atoms with van der Waals surface area (Å²) in [7, 11) is 0. The maximum Gasteiger partial charge on any atom is 0.161 e. The molecule has 0 fully saturated rings. The molecule has 1 unspecified atom stereocenters. The van der Waals surface area contributed by atoms with Gasteiger partial charge in [0, 0.05) is 6.61 Å². The number of rotatable bonds is 9. The van der Waals surface area contributed by atoms with Crippen LogP contribution in [-0.2, 0) is 13.0 Å². The first-order chi connectivity index (χ1) is 11.3. The quantitative estimate of drug-likeness (QED) is 0.747. The van der Waals surface area contributed by atoms with Crippen LogP contribution in [0.2, 0.25) is 0 Å². The first kappa shape index (κ1) is 17.3. The van der Waals surface area contributed by atoms with Gasteiger partial charge in [-0.15, -0.1) is 0 Å². The van der Waals surface area contributed by atoms with Crippen LogP contribution < -0.4 is 15.2 Å². The van der Waals surface area contributed by atoms with E-state index in [0.717, 1.165) is 29.0 Å². The minimum absolute atomic E-state index is 0.0700.